The first-order chi connectivity index (χ1) is 14.9. The second kappa shape index (κ2) is 8.02. The van der Waals surface area contributed by atoms with Crippen molar-refractivity contribution in [3.05, 3.63) is 48.8 Å². The maximum atomic E-state index is 11.2. The SMILES string of the molecule is COc1ccc2[nH]c(-c3ccc(-c4ccc(OCC(C)(C)C(=O)O)nc4)nc3)nc2n1. The molecule has 0 spiro atoms. The Hall–Kier alpha value is -4.01. The van der Waals surface area contributed by atoms with Gasteiger partial charge in [-0.2, -0.15) is 4.98 Å². The molecule has 4 aromatic rings. The van der Waals surface area contributed by atoms with E-state index in [1.54, 1.807) is 45.5 Å². The van der Waals surface area contributed by atoms with E-state index < -0.39 is 11.4 Å². The number of pyridine rings is 3. The molecule has 0 aliphatic carbocycles. The lowest BCUT2D eigenvalue weighted by Crippen LogP contribution is -2.30. The number of H-pyrrole nitrogens is 1. The Labute approximate surface area is 178 Å². The van der Waals surface area contributed by atoms with E-state index in [0.717, 1.165) is 22.3 Å². The maximum Gasteiger partial charge on any atom is 0.312 e. The van der Waals surface area contributed by atoms with E-state index >= 15 is 0 Å². The smallest absolute Gasteiger partial charge is 0.312 e. The van der Waals surface area contributed by atoms with Crippen LogP contribution in [0.3, 0.4) is 0 Å². The normalized spacial score (nSPS) is 11.5. The molecule has 9 nitrogen and oxygen atoms in total. The van der Waals surface area contributed by atoms with E-state index in [-0.39, 0.29) is 6.61 Å². The van der Waals surface area contributed by atoms with Crippen molar-refractivity contribution < 1.29 is 19.4 Å². The fraction of sp³-hybridized carbons (Fsp3) is 0.227. The molecule has 0 radical (unpaired) electrons. The second-order valence-corrected chi connectivity index (χ2v) is 7.61. The number of fused-ring (bicyclic) bond motifs is 1. The van der Waals surface area contributed by atoms with Gasteiger partial charge in [-0.15, -0.1) is 0 Å². The van der Waals surface area contributed by atoms with Gasteiger partial charge in [0.25, 0.3) is 0 Å². The third kappa shape index (κ3) is 4.30. The summed E-state index contributed by atoms with van der Waals surface area (Å²) in [5.41, 5.74) is 2.77. The van der Waals surface area contributed by atoms with E-state index in [0.29, 0.717) is 23.2 Å². The molecule has 0 atom stereocenters. The summed E-state index contributed by atoms with van der Waals surface area (Å²) in [6, 6.07) is 11.0. The van der Waals surface area contributed by atoms with Crippen LogP contribution in [0.1, 0.15) is 13.8 Å². The molecule has 2 N–H and O–H groups in total. The topological polar surface area (TPSA) is 123 Å². The molecule has 0 bridgehead atoms. The summed E-state index contributed by atoms with van der Waals surface area (Å²) in [5, 5.41) is 9.16. The lowest BCUT2D eigenvalue weighted by Gasteiger charge is -2.18. The molecule has 4 heterocycles. The van der Waals surface area contributed by atoms with Crippen molar-refractivity contribution >= 4 is 17.1 Å². The molecular formula is C22H21N5O4. The Kier molecular flexibility index (Phi) is 5.24. The number of ether oxygens (including phenoxy) is 2. The molecular weight excluding hydrogens is 398 g/mol. The molecule has 0 saturated heterocycles. The quantitative estimate of drug-likeness (QED) is 0.466. The van der Waals surface area contributed by atoms with E-state index in [9.17, 15) is 4.79 Å². The summed E-state index contributed by atoms with van der Waals surface area (Å²) in [6.45, 7) is 3.23. The number of rotatable bonds is 7. The zero-order valence-electron chi connectivity index (χ0n) is 17.3. The van der Waals surface area contributed by atoms with Crippen molar-refractivity contribution in [3.63, 3.8) is 0 Å². The third-order valence-corrected chi connectivity index (χ3v) is 4.76. The Bertz CT molecular complexity index is 1220. The lowest BCUT2D eigenvalue weighted by molar-refractivity contribution is -0.148. The van der Waals surface area contributed by atoms with Gasteiger partial charge in [-0.05, 0) is 38.1 Å². The Morgan fingerprint density at radius 2 is 1.74 bits per heavy atom. The largest absolute Gasteiger partial charge is 0.481 e. The summed E-state index contributed by atoms with van der Waals surface area (Å²) >= 11 is 0. The molecule has 0 amide bonds. The molecule has 4 rings (SSSR count). The zero-order valence-corrected chi connectivity index (χ0v) is 17.3. The van der Waals surface area contributed by atoms with Crippen LogP contribution in [0.15, 0.2) is 48.8 Å². The van der Waals surface area contributed by atoms with Crippen LogP contribution < -0.4 is 9.47 Å². The molecule has 31 heavy (non-hydrogen) atoms. The average molecular weight is 419 g/mol. The molecule has 0 saturated carbocycles. The average Bonchev–Trinajstić information content (AvgIpc) is 3.21. The van der Waals surface area contributed by atoms with Gasteiger partial charge in [0.2, 0.25) is 11.8 Å². The molecule has 0 aliphatic rings. The van der Waals surface area contributed by atoms with Gasteiger partial charge < -0.3 is 19.6 Å². The predicted octanol–water partition coefficient (Wildman–Crippen LogP) is 3.58. The minimum absolute atomic E-state index is 0.0276. The summed E-state index contributed by atoms with van der Waals surface area (Å²) in [7, 11) is 1.56. The molecule has 0 fully saturated rings. The number of aliphatic carboxylic acids is 1. The van der Waals surface area contributed by atoms with E-state index in [1.165, 1.54) is 0 Å². The number of aromatic amines is 1. The molecule has 9 heteroatoms. The van der Waals surface area contributed by atoms with Crippen LogP contribution in [-0.4, -0.2) is 49.7 Å². The lowest BCUT2D eigenvalue weighted by atomic mass is 9.95. The summed E-state index contributed by atoms with van der Waals surface area (Å²) < 4.78 is 10.6. The fourth-order valence-corrected chi connectivity index (χ4v) is 2.76. The first-order valence-electron chi connectivity index (χ1n) is 9.55. The minimum atomic E-state index is -0.991. The van der Waals surface area contributed by atoms with Crippen molar-refractivity contribution in [2.75, 3.05) is 13.7 Å². The number of hydrogen-bond acceptors (Lipinski definition) is 7. The fourth-order valence-electron chi connectivity index (χ4n) is 2.76. The van der Waals surface area contributed by atoms with E-state index in [4.69, 9.17) is 14.6 Å². The van der Waals surface area contributed by atoms with Crippen LogP contribution in [0.4, 0.5) is 0 Å². The van der Waals surface area contributed by atoms with Gasteiger partial charge in [-0.25, -0.2) is 9.97 Å². The summed E-state index contributed by atoms with van der Waals surface area (Å²) in [4.78, 5) is 32.0. The zero-order chi connectivity index (χ0) is 22.0. The summed E-state index contributed by atoms with van der Waals surface area (Å²) in [5.74, 6) is 0.607. The highest BCUT2D eigenvalue weighted by atomic mass is 16.5. The Balaban J connectivity index is 1.48. The Morgan fingerprint density at radius 3 is 2.39 bits per heavy atom. The monoisotopic (exact) mass is 419 g/mol. The summed E-state index contributed by atoms with van der Waals surface area (Å²) in [6.07, 6.45) is 3.37. The van der Waals surface area contributed by atoms with Gasteiger partial charge in [0.15, 0.2) is 5.65 Å². The van der Waals surface area contributed by atoms with Crippen molar-refractivity contribution in [2.45, 2.75) is 13.8 Å². The van der Waals surface area contributed by atoms with Crippen LogP contribution in [0.5, 0.6) is 11.8 Å². The predicted molar refractivity (Wildman–Crippen MR) is 114 cm³/mol. The molecule has 0 unspecified atom stereocenters. The van der Waals surface area contributed by atoms with E-state index in [1.807, 2.05) is 24.3 Å². The number of carboxylic acids is 1. The highest BCUT2D eigenvalue weighted by Crippen LogP contribution is 2.24. The van der Waals surface area contributed by atoms with Gasteiger partial charge in [0, 0.05) is 35.7 Å². The highest BCUT2D eigenvalue weighted by Gasteiger charge is 2.28. The van der Waals surface area contributed by atoms with E-state index in [2.05, 4.69) is 24.9 Å². The second-order valence-electron chi connectivity index (χ2n) is 7.61. The number of nitrogens with one attached hydrogen (secondary N) is 1. The first-order valence-corrected chi connectivity index (χ1v) is 9.55. The third-order valence-electron chi connectivity index (χ3n) is 4.76. The molecule has 0 aromatic carbocycles. The van der Waals surface area contributed by atoms with Crippen LogP contribution in [0, 0.1) is 5.41 Å². The number of carbonyl (C=O) groups is 1. The minimum Gasteiger partial charge on any atom is -0.481 e. The van der Waals surface area contributed by atoms with Crippen molar-refractivity contribution in [1.29, 1.82) is 0 Å². The van der Waals surface area contributed by atoms with Crippen molar-refractivity contribution in [1.82, 2.24) is 24.9 Å². The van der Waals surface area contributed by atoms with Gasteiger partial charge in [0.1, 0.15) is 12.4 Å². The maximum absolute atomic E-state index is 11.2. The van der Waals surface area contributed by atoms with Crippen LogP contribution in [-0.2, 0) is 4.79 Å². The standard InChI is InChI=1S/C22H21N5O4/c1-22(2,21(28)29)12-31-17-8-5-13(10-24-17)15-6-4-14(11-23-15)19-25-16-7-9-18(30-3)26-20(16)27-19/h4-11H,12H2,1-3H3,(H,28,29)(H,25,26,27). The van der Waals surface area contributed by atoms with Crippen LogP contribution >= 0.6 is 0 Å². The van der Waals surface area contributed by atoms with Gasteiger partial charge in [-0.3, -0.25) is 9.78 Å². The van der Waals surface area contributed by atoms with Gasteiger partial charge in [0.05, 0.1) is 23.7 Å². The van der Waals surface area contributed by atoms with Crippen molar-refractivity contribution in [3.8, 4) is 34.4 Å². The van der Waals surface area contributed by atoms with Gasteiger partial charge in [-0.1, -0.05) is 0 Å². The number of nitrogens with zero attached hydrogens (tertiary/aromatic N) is 4. The highest BCUT2D eigenvalue weighted by molar-refractivity contribution is 5.76. The number of aromatic nitrogens is 5. The number of imidazole rings is 1. The molecule has 0 aliphatic heterocycles. The number of carboxylic acid groups (broad SMARTS) is 1. The van der Waals surface area contributed by atoms with Crippen molar-refractivity contribution in [2.24, 2.45) is 5.41 Å². The first kappa shape index (κ1) is 20.3. The number of hydrogen-bond donors (Lipinski definition) is 2. The Morgan fingerprint density at radius 1 is 1.00 bits per heavy atom. The van der Waals surface area contributed by atoms with Crippen LogP contribution in [0.25, 0.3) is 33.8 Å². The number of methoxy groups -OCH3 is 1. The van der Waals surface area contributed by atoms with Crippen LogP contribution in [0.2, 0.25) is 0 Å². The molecule has 158 valence electrons. The van der Waals surface area contributed by atoms with Gasteiger partial charge >= 0.3 is 5.97 Å². The molecule has 4 aromatic heterocycles.